The molecule has 0 atom stereocenters. The van der Waals surface area contributed by atoms with Crippen LogP contribution in [0.5, 0.6) is 0 Å². The Labute approximate surface area is 154 Å². The molecule has 1 amide bonds. The van der Waals surface area contributed by atoms with Gasteiger partial charge in [0, 0.05) is 17.2 Å². The minimum Gasteiger partial charge on any atom is -0.377 e. The molecule has 0 saturated heterocycles. The number of ether oxygens (including phenoxy) is 1. The minimum atomic E-state index is -0.364. The van der Waals surface area contributed by atoms with Crippen molar-refractivity contribution in [3.8, 4) is 0 Å². The number of carbonyl (C=O) groups is 1. The number of hydrogen-bond acceptors (Lipinski definition) is 3. The van der Waals surface area contributed by atoms with E-state index in [4.69, 9.17) is 4.74 Å². The Morgan fingerprint density at radius 3 is 2.60 bits per heavy atom. The van der Waals surface area contributed by atoms with Crippen molar-refractivity contribution in [1.82, 2.24) is 0 Å². The highest BCUT2D eigenvalue weighted by Crippen LogP contribution is 2.46. The molecule has 1 aliphatic rings. The molecule has 1 N–H and O–H groups in total. The van der Waals surface area contributed by atoms with Crippen LogP contribution in [0.1, 0.15) is 38.2 Å². The third kappa shape index (κ3) is 4.65. The number of benzene rings is 2. The van der Waals surface area contributed by atoms with E-state index in [1.165, 1.54) is 0 Å². The summed E-state index contributed by atoms with van der Waals surface area (Å²) in [4.78, 5) is 14.3. The van der Waals surface area contributed by atoms with Gasteiger partial charge in [0.25, 0.3) is 0 Å². The molecular formula is C21H25NO2S. The van der Waals surface area contributed by atoms with E-state index in [0.29, 0.717) is 13.2 Å². The van der Waals surface area contributed by atoms with Crippen molar-refractivity contribution in [1.29, 1.82) is 0 Å². The molecule has 4 heteroatoms. The van der Waals surface area contributed by atoms with E-state index in [-0.39, 0.29) is 10.7 Å². The predicted molar refractivity (Wildman–Crippen MR) is 104 cm³/mol. The van der Waals surface area contributed by atoms with Gasteiger partial charge in [0.2, 0.25) is 5.91 Å². The van der Waals surface area contributed by atoms with Crippen LogP contribution in [0.25, 0.3) is 0 Å². The molecule has 2 aromatic carbocycles. The van der Waals surface area contributed by atoms with E-state index < -0.39 is 0 Å². The van der Waals surface area contributed by atoms with Crippen molar-refractivity contribution in [3.05, 3.63) is 60.2 Å². The van der Waals surface area contributed by atoms with Gasteiger partial charge in [-0.2, -0.15) is 0 Å². The average Bonchev–Trinajstić information content (AvgIpc) is 3.11. The van der Waals surface area contributed by atoms with Gasteiger partial charge in [-0.3, -0.25) is 4.79 Å². The first-order valence-corrected chi connectivity index (χ1v) is 9.76. The Kier molecular flexibility index (Phi) is 6.16. The van der Waals surface area contributed by atoms with Crippen LogP contribution in [0.4, 0.5) is 5.69 Å². The molecule has 1 fully saturated rings. The van der Waals surface area contributed by atoms with Crippen molar-refractivity contribution in [3.63, 3.8) is 0 Å². The lowest BCUT2D eigenvalue weighted by atomic mass is 10.1. The van der Waals surface area contributed by atoms with Gasteiger partial charge in [0.15, 0.2) is 0 Å². The topological polar surface area (TPSA) is 38.3 Å². The first-order valence-electron chi connectivity index (χ1n) is 8.94. The molecule has 2 aromatic rings. The number of carbonyl (C=O) groups excluding carboxylic acids is 1. The van der Waals surface area contributed by atoms with Crippen LogP contribution in [0.3, 0.4) is 0 Å². The maximum Gasteiger partial charge on any atom is 0.240 e. The van der Waals surface area contributed by atoms with E-state index in [9.17, 15) is 4.79 Å². The first kappa shape index (κ1) is 18.0. The summed E-state index contributed by atoms with van der Waals surface area (Å²) in [5.74, 6) is 0.118. The zero-order chi connectivity index (χ0) is 17.5. The fourth-order valence-corrected chi connectivity index (χ4v) is 4.62. The number of anilines is 1. The lowest BCUT2D eigenvalue weighted by molar-refractivity contribution is -0.118. The van der Waals surface area contributed by atoms with Crippen LogP contribution in [-0.4, -0.2) is 17.3 Å². The number of thioether (sulfide) groups is 1. The normalized spacial score (nSPS) is 15.9. The Bertz CT molecular complexity index is 696. The highest BCUT2D eigenvalue weighted by atomic mass is 32.2. The smallest absolute Gasteiger partial charge is 0.240 e. The second-order valence-electron chi connectivity index (χ2n) is 6.41. The van der Waals surface area contributed by atoms with Gasteiger partial charge in [0.1, 0.15) is 0 Å². The van der Waals surface area contributed by atoms with Crippen molar-refractivity contribution in [2.45, 2.75) is 48.9 Å². The second kappa shape index (κ2) is 8.54. The molecule has 3 nitrogen and oxygen atoms in total. The van der Waals surface area contributed by atoms with E-state index in [0.717, 1.165) is 41.8 Å². The zero-order valence-corrected chi connectivity index (χ0v) is 15.5. The highest BCUT2D eigenvalue weighted by molar-refractivity contribution is 8.01. The second-order valence-corrected chi connectivity index (χ2v) is 7.87. The lowest BCUT2D eigenvalue weighted by Crippen LogP contribution is -2.37. The lowest BCUT2D eigenvalue weighted by Gasteiger charge is -2.27. The van der Waals surface area contributed by atoms with Gasteiger partial charge in [-0.05, 0) is 49.6 Å². The Morgan fingerprint density at radius 2 is 1.88 bits per heavy atom. The largest absolute Gasteiger partial charge is 0.377 e. The third-order valence-corrected chi connectivity index (χ3v) is 6.03. The Hall–Kier alpha value is -1.78. The number of nitrogens with one attached hydrogen (secondary N) is 1. The molecule has 0 radical (unpaired) electrons. The summed E-state index contributed by atoms with van der Waals surface area (Å²) in [7, 11) is 0. The van der Waals surface area contributed by atoms with E-state index in [1.54, 1.807) is 11.8 Å². The summed E-state index contributed by atoms with van der Waals surface area (Å²) in [6, 6.07) is 18.2. The van der Waals surface area contributed by atoms with Gasteiger partial charge in [-0.1, -0.05) is 43.2 Å². The van der Waals surface area contributed by atoms with Crippen LogP contribution in [0.15, 0.2) is 59.5 Å². The molecule has 3 rings (SSSR count). The molecule has 0 heterocycles. The first-order chi connectivity index (χ1) is 12.2. The Balaban J connectivity index is 1.73. The molecular weight excluding hydrogens is 330 g/mol. The van der Waals surface area contributed by atoms with Gasteiger partial charge in [-0.25, -0.2) is 0 Å². The van der Waals surface area contributed by atoms with E-state index in [2.05, 4.69) is 17.4 Å². The number of rotatable bonds is 7. The van der Waals surface area contributed by atoms with Gasteiger partial charge in [-0.15, -0.1) is 11.8 Å². The summed E-state index contributed by atoms with van der Waals surface area (Å²) in [5.41, 5.74) is 1.93. The molecule has 25 heavy (non-hydrogen) atoms. The Morgan fingerprint density at radius 1 is 1.12 bits per heavy atom. The SMILES string of the molecule is CCOCc1cccc(NC(=O)C2(Sc3ccccc3)CCCC2)c1. The van der Waals surface area contributed by atoms with E-state index >= 15 is 0 Å². The molecule has 0 unspecified atom stereocenters. The average molecular weight is 356 g/mol. The maximum atomic E-state index is 13.1. The van der Waals surface area contributed by atoms with Crippen LogP contribution >= 0.6 is 11.8 Å². The maximum absolute atomic E-state index is 13.1. The fourth-order valence-electron chi connectivity index (χ4n) is 3.24. The highest BCUT2D eigenvalue weighted by Gasteiger charge is 2.42. The molecule has 0 spiro atoms. The molecule has 0 aliphatic heterocycles. The third-order valence-electron chi connectivity index (χ3n) is 4.54. The van der Waals surface area contributed by atoms with Crippen molar-refractivity contribution >= 4 is 23.4 Å². The molecule has 0 bridgehead atoms. The van der Waals surface area contributed by atoms with Crippen molar-refractivity contribution < 1.29 is 9.53 Å². The monoisotopic (exact) mass is 355 g/mol. The summed E-state index contributed by atoms with van der Waals surface area (Å²) in [6.45, 7) is 3.24. The van der Waals surface area contributed by atoms with Gasteiger partial charge < -0.3 is 10.1 Å². The fraction of sp³-hybridized carbons (Fsp3) is 0.381. The van der Waals surface area contributed by atoms with Crippen molar-refractivity contribution in [2.75, 3.05) is 11.9 Å². The standard InChI is InChI=1S/C21H25NO2S/c1-2-24-16-17-9-8-10-18(15-17)22-20(23)21(13-6-7-14-21)25-19-11-4-3-5-12-19/h3-5,8-12,15H,2,6-7,13-14,16H2,1H3,(H,22,23). The quantitative estimate of drug-likeness (QED) is 0.735. The van der Waals surface area contributed by atoms with Crippen LogP contribution in [-0.2, 0) is 16.1 Å². The summed E-state index contributed by atoms with van der Waals surface area (Å²) >= 11 is 1.71. The zero-order valence-electron chi connectivity index (χ0n) is 14.7. The summed E-state index contributed by atoms with van der Waals surface area (Å²) in [6.07, 6.45) is 4.07. The summed E-state index contributed by atoms with van der Waals surface area (Å²) in [5, 5.41) is 3.15. The number of amides is 1. The molecule has 1 aliphatic carbocycles. The molecule has 0 aromatic heterocycles. The van der Waals surface area contributed by atoms with E-state index in [1.807, 2.05) is 49.4 Å². The van der Waals surface area contributed by atoms with Crippen molar-refractivity contribution in [2.24, 2.45) is 0 Å². The van der Waals surface area contributed by atoms with Gasteiger partial charge in [0.05, 0.1) is 11.4 Å². The molecule has 132 valence electrons. The van der Waals surface area contributed by atoms with Crippen LogP contribution in [0.2, 0.25) is 0 Å². The van der Waals surface area contributed by atoms with Gasteiger partial charge >= 0.3 is 0 Å². The summed E-state index contributed by atoms with van der Waals surface area (Å²) < 4.78 is 5.10. The number of hydrogen-bond donors (Lipinski definition) is 1. The molecule has 1 saturated carbocycles. The predicted octanol–water partition coefficient (Wildman–Crippen LogP) is 5.27. The van der Waals surface area contributed by atoms with Crippen LogP contribution in [0, 0.1) is 0 Å². The van der Waals surface area contributed by atoms with Crippen LogP contribution < -0.4 is 5.32 Å². The minimum absolute atomic E-state index is 0.118.